The second-order valence-electron chi connectivity index (χ2n) is 12.5. The minimum absolute atomic E-state index is 0. The van der Waals surface area contributed by atoms with Gasteiger partial charge in [-0.2, -0.15) is 0 Å². The van der Waals surface area contributed by atoms with Gasteiger partial charge in [0, 0.05) is 4.57 Å². The molecule has 0 aliphatic rings. The van der Waals surface area contributed by atoms with Crippen LogP contribution in [0.25, 0.3) is 0 Å². The van der Waals surface area contributed by atoms with Crippen LogP contribution in [0.15, 0.2) is 0 Å². The van der Waals surface area contributed by atoms with Gasteiger partial charge in [0.05, 0.1) is 0 Å². The SMILES string of the molecule is CCCCCCCCCCCCCCCCCCO[P+](=O)OCCCCCCCCCCCCCCCCCC.[Co+2]. The maximum atomic E-state index is 11.9. The van der Waals surface area contributed by atoms with Crippen LogP contribution in [0.1, 0.15) is 219 Å². The molecule has 3 nitrogen and oxygen atoms in total. The van der Waals surface area contributed by atoms with E-state index in [0.717, 1.165) is 12.8 Å². The van der Waals surface area contributed by atoms with Gasteiger partial charge >= 0.3 is 25.0 Å². The largest absolute Gasteiger partial charge is 2.00 e. The van der Waals surface area contributed by atoms with E-state index in [1.807, 2.05) is 0 Å². The fraction of sp³-hybridized carbons (Fsp3) is 1.00. The van der Waals surface area contributed by atoms with Crippen molar-refractivity contribution in [3.63, 3.8) is 0 Å². The molecule has 41 heavy (non-hydrogen) atoms. The molecule has 0 fully saturated rings. The van der Waals surface area contributed by atoms with Crippen molar-refractivity contribution >= 4 is 8.25 Å². The van der Waals surface area contributed by atoms with Gasteiger partial charge in [-0.05, 0) is 12.8 Å². The van der Waals surface area contributed by atoms with Crippen LogP contribution < -0.4 is 0 Å². The first kappa shape index (κ1) is 43.7. The maximum Gasteiger partial charge on any atom is 2.00 e. The van der Waals surface area contributed by atoms with Gasteiger partial charge in [0.25, 0.3) is 0 Å². The molecule has 0 aromatic heterocycles. The van der Waals surface area contributed by atoms with E-state index in [-0.39, 0.29) is 16.8 Å². The minimum atomic E-state index is -1.92. The summed E-state index contributed by atoms with van der Waals surface area (Å²) in [5, 5.41) is 0. The van der Waals surface area contributed by atoms with E-state index in [1.54, 1.807) is 0 Å². The summed E-state index contributed by atoms with van der Waals surface area (Å²) in [7, 11) is -1.92. The third kappa shape index (κ3) is 40.5. The van der Waals surface area contributed by atoms with E-state index in [2.05, 4.69) is 13.8 Å². The van der Waals surface area contributed by atoms with Crippen molar-refractivity contribution in [2.24, 2.45) is 0 Å². The summed E-state index contributed by atoms with van der Waals surface area (Å²) in [6.45, 7) is 5.73. The zero-order valence-electron chi connectivity index (χ0n) is 28.0. The fourth-order valence-corrected chi connectivity index (χ4v) is 6.25. The molecule has 247 valence electrons. The number of hydrogen-bond acceptors (Lipinski definition) is 3. The van der Waals surface area contributed by atoms with Crippen LogP contribution in [0, 0.1) is 0 Å². The Bertz CT molecular complexity index is 438. The third-order valence-electron chi connectivity index (χ3n) is 8.39. The summed E-state index contributed by atoms with van der Waals surface area (Å²) < 4.78 is 22.6. The standard InChI is InChI=1S/C36H74O3P.Co/c1-3-5-7-9-11-13-15-17-19-21-23-25-27-29-31-33-35-38-40(37)39-36-34-32-30-28-26-24-22-20-18-16-14-12-10-8-6-4-2;/h3-36H2,1-2H3;/q+1;+2. The topological polar surface area (TPSA) is 35.5 Å². The predicted molar refractivity (Wildman–Crippen MR) is 179 cm³/mol. The zero-order chi connectivity index (χ0) is 29.0. The van der Waals surface area contributed by atoms with E-state index < -0.39 is 8.25 Å². The summed E-state index contributed by atoms with van der Waals surface area (Å²) in [4.78, 5) is 0. The van der Waals surface area contributed by atoms with Gasteiger partial charge < -0.3 is 0 Å². The molecular formula is C36H74CoO3P+3. The van der Waals surface area contributed by atoms with Crippen molar-refractivity contribution in [2.45, 2.75) is 219 Å². The van der Waals surface area contributed by atoms with Crippen LogP contribution in [-0.4, -0.2) is 13.2 Å². The molecule has 0 rings (SSSR count). The molecule has 0 bridgehead atoms. The van der Waals surface area contributed by atoms with Gasteiger partial charge in [0.2, 0.25) is 0 Å². The molecule has 0 aromatic carbocycles. The molecule has 5 heteroatoms. The van der Waals surface area contributed by atoms with Crippen molar-refractivity contribution in [3.05, 3.63) is 0 Å². The van der Waals surface area contributed by atoms with Gasteiger partial charge in [0.1, 0.15) is 13.2 Å². The third-order valence-corrected chi connectivity index (χ3v) is 9.18. The number of unbranched alkanes of at least 4 members (excludes halogenated alkanes) is 30. The van der Waals surface area contributed by atoms with Crippen molar-refractivity contribution in [2.75, 3.05) is 13.2 Å². The summed E-state index contributed by atoms with van der Waals surface area (Å²) in [5.41, 5.74) is 0. The summed E-state index contributed by atoms with van der Waals surface area (Å²) in [6, 6.07) is 0. The van der Waals surface area contributed by atoms with E-state index in [1.165, 1.54) is 193 Å². The molecule has 0 atom stereocenters. The van der Waals surface area contributed by atoms with Crippen molar-refractivity contribution in [1.29, 1.82) is 0 Å². The maximum absolute atomic E-state index is 11.9. The van der Waals surface area contributed by atoms with E-state index in [9.17, 15) is 4.57 Å². The van der Waals surface area contributed by atoms with E-state index in [4.69, 9.17) is 9.05 Å². The van der Waals surface area contributed by atoms with Crippen LogP contribution in [0.2, 0.25) is 0 Å². The van der Waals surface area contributed by atoms with Gasteiger partial charge in [-0.3, -0.25) is 0 Å². The van der Waals surface area contributed by atoms with Gasteiger partial charge in [-0.15, -0.1) is 9.05 Å². The molecule has 0 heterocycles. The first-order chi connectivity index (χ1) is 19.8. The Morgan fingerprint density at radius 1 is 0.317 bits per heavy atom. The Hall–Kier alpha value is 0.526. The van der Waals surface area contributed by atoms with E-state index >= 15 is 0 Å². The molecule has 0 saturated carbocycles. The Morgan fingerprint density at radius 2 is 0.488 bits per heavy atom. The average molecular weight is 645 g/mol. The van der Waals surface area contributed by atoms with Crippen molar-refractivity contribution in [1.82, 2.24) is 0 Å². The Kier molecular flexibility index (Phi) is 43.2. The quantitative estimate of drug-likeness (QED) is 0.0503. The summed E-state index contributed by atoms with van der Waals surface area (Å²) in [6.07, 6.45) is 43.6. The summed E-state index contributed by atoms with van der Waals surface area (Å²) in [5.74, 6) is 0. The van der Waals surface area contributed by atoms with Crippen LogP contribution >= 0.6 is 8.25 Å². The number of rotatable bonds is 36. The molecule has 0 amide bonds. The molecule has 0 N–H and O–H groups in total. The van der Waals surface area contributed by atoms with Gasteiger partial charge in [0.15, 0.2) is 0 Å². The molecule has 0 spiro atoms. The van der Waals surface area contributed by atoms with Crippen LogP contribution in [-0.2, 0) is 30.4 Å². The van der Waals surface area contributed by atoms with E-state index in [0.29, 0.717) is 13.2 Å². The molecule has 0 saturated heterocycles. The monoisotopic (exact) mass is 644 g/mol. The molecule has 1 radical (unpaired) electrons. The zero-order valence-corrected chi connectivity index (χ0v) is 30.0. The minimum Gasteiger partial charge on any atom is -0.119 e. The predicted octanol–water partition coefficient (Wildman–Crippen LogP) is 14.2. The second-order valence-corrected chi connectivity index (χ2v) is 13.5. The van der Waals surface area contributed by atoms with Crippen LogP contribution in [0.5, 0.6) is 0 Å². The molecule has 0 aromatic rings. The van der Waals surface area contributed by atoms with Gasteiger partial charge in [-0.1, -0.05) is 206 Å². The molecular weight excluding hydrogens is 570 g/mol. The van der Waals surface area contributed by atoms with Crippen molar-refractivity contribution in [3.8, 4) is 0 Å². The fourth-order valence-electron chi connectivity index (χ4n) is 5.62. The van der Waals surface area contributed by atoms with Crippen LogP contribution in [0.4, 0.5) is 0 Å². The van der Waals surface area contributed by atoms with Crippen LogP contribution in [0.3, 0.4) is 0 Å². The number of hydrogen-bond donors (Lipinski definition) is 0. The first-order valence-corrected chi connectivity index (χ1v) is 19.6. The normalized spacial score (nSPS) is 11.2. The second kappa shape index (κ2) is 40.5. The van der Waals surface area contributed by atoms with Gasteiger partial charge in [-0.25, -0.2) is 0 Å². The molecule has 0 aliphatic heterocycles. The molecule has 0 aliphatic carbocycles. The smallest absolute Gasteiger partial charge is 0.119 e. The summed E-state index contributed by atoms with van der Waals surface area (Å²) >= 11 is 0. The Morgan fingerprint density at radius 3 is 0.683 bits per heavy atom. The Balaban J connectivity index is 0. The molecule has 0 unspecified atom stereocenters. The van der Waals surface area contributed by atoms with Crippen molar-refractivity contribution < 1.29 is 30.4 Å². The first-order valence-electron chi connectivity index (χ1n) is 18.5. The Labute approximate surface area is 270 Å². The average Bonchev–Trinajstić information content (AvgIpc) is 2.96.